The van der Waals surface area contributed by atoms with Gasteiger partial charge >= 0.3 is 5.97 Å². The van der Waals surface area contributed by atoms with Gasteiger partial charge in [-0.05, 0) is 32.4 Å². The standard InChI is InChI=1S/C21H31N3O2S2.ClH/c1-4-5-6-7-8-14-24(18-9-12-22-13-10-18)15-11-17-16-27-20(23-17)28-21(2,3)19(25)26;/h9-10,12-13,16H,4-8,11,14-15H2,1-3H3,(H,25,26);1H. The van der Waals surface area contributed by atoms with Gasteiger partial charge < -0.3 is 10.0 Å². The van der Waals surface area contributed by atoms with Crippen molar-refractivity contribution in [2.75, 3.05) is 18.0 Å². The molecule has 29 heavy (non-hydrogen) atoms. The quantitative estimate of drug-likeness (QED) is 0.297. The number of halogens is 1. The second kappa shape index (κ2) is 13.1. The number of carboxylic acid groups (broad SMARTS) is 1. The van der Waals surface area contributed by atoms with Gasteiger partial charge in [-0.1, -0.05) is 44.4 Å². The number of aromatic nitrogens is 2. The third kappa shape index (κ3) is 8.93. The first-order valence-electron chi connectivity index (χ1n) is 9.94. The monoisotopic (exact) mass is 457 g/mol. The molecule has 2 heterocycles. The maximum absolute atomic E-state index is 11.3. The molecular formula is C21H32ClN3O2S2. The maximum atomic E-state index is 11.3. The van der Waals surface area contributed by atoms with Gasteiger partial charge in [0.1, 0.15) is 4.75 Å². The van der Waals surface area contributed by atoms with E-state index in [-0.39, 0.29) is 12.4 Å². The highest BCUT2D eigenvalue weighted by Crippen LogP contribution is 2.34. The van der Waals surface area contributed by atoms with Crippen LogP contribution in [0.2, 0.25) is 0 Å². The summed E-state index contributed by atoms with van der Waals surface area (Å²) in [4.78, 5) is 22.5. The summed E-state index contributed by atoms with van der Waals surface area (Å²) in [5.41, 5.74) is 2.22. The second-order valence-corrected chi connectivity index (χ2v) is 10.1. The smallest absolute Gasteiger partial charge is 0.319 e. The summed E-state index contributed by atoms with van der Waals surface area (Å²) < 4.78 is -0.0473. The molecular weight excluding hydrogens is 426 g/mol. The number of hydrogen-bond donors (Lipinski definition) is 1. The van der Waals surface area contributed by atoms with Crippen molar-refractivity contribution >= 4 is 47.2 Å². The van der Waals surface area contributed by atoms with E-state index in [1.807, 2.05) is 17.8 Å². The Kier molecular flexibility index (Phi) is 11.6. The number of unbranched alkanes of at least 4 members (excludes halogenated alkanes) is 4. The molecule has 0 unspecified atom stereocenters. The maximum Gasteiger partial charge on any atom is 0.319 e. The van der Waals surface area contributed by atoms with Gasteiger partial charge in [0, 0.05) is 43.0 Å². The molecule has 0 amide bonds. The zero-order valence-corrected chi connectivity index (χ0v) is 19.9. The average Bonchev–Trinajstić information content (AvgIpc) is 3.11. The largest absolute Gasteiger partial charge is 0.480 e. The van der Waals surface area contributed by atoms with Crippen molar-refractivity contribution < 1.29 is 9.90 Å². The molecule has 0 fully saturated rings. The lowest BCUT2D eigenvalue weighted by atomic mass is 10.1. The van der Waals surface area contributed by atoms with Crippen LogP contribution in [0.3, 0.4) is 0 Å². The van der Waals surface area contributed by atoms with E-state index in [1.165, 1.54) is 60.9 Å². The molecule has 0 spiro atoms. The molecule has 0 aliphatic heterocycles. The van der Waals surface area contributed by atoms with Crippen molar-refractivity contribution in [2.45, 2.75) is 68.4 Å². The molecule has 0 saturated carbocycles. The predicted octanol–water partition coefficient (Wildman–Crippen LogP) is 5.93. The molecule has 2 aromatic rings. The van der Waals surface area contributed by atoms with Gasteiger partial charge in [-0.25, -0.2) is 4.98 Å². The summed E-state index contributed by atoms with van der Waals surface area (Å²) in [7, 11) is 0. The molecule has 0 aliphatic rings. The number of pyridine rings is 1. The van der Waals surface area contributed by atoms with Gasteiger partial charge in [0.25, 0.3) is 0 Å². The van der Waals surface area contributed by atoms with Gasteiger partial charge in [-0.2, -0.15) is 0 Å². The Morgan fingerprint density at radius 2 is 1.86 bits per heavy atom. The lowest BCUT2D eigenvalue weighted by Gasteiger charge is -2.24. The van der Waals surface area contributed by atoms with E-state index in [1.54, 1.807) is 13.8 Å². The number of carboxylic acids is 1. The van der Waals surface area contributed by atoms with Crippen LogP contribution in [0.4, 0.5) is 5.69 Å². The van der Waals surface area contributed by atoms with Gasteiger partial charge in [0.15, 0.2) is 4.34 Å². The van der Waals surface area contributed by atoms with Crippen LogP contribution in [0.15, 0.2) is 34.2 Å². The first-order valence-corrected chi connectivity index (χ1v) is 11.6. The Morgan fingerprint density at radius 1 is 1.17 bits per heavy atom. The van der Waals surface area contributed by atoms with Crippen LogP contribution in [0, 0.1) is 0 Å². The van der Waals surface area contributed by atoms with Crippen LogP contribution in [0.25, 0.3) is 0 Å². The van der Waals surface area contributed by atoms with E-state index >= 15 is 0 Å². The molecule has 0 bridgehead atoms. The van der Waals surface area contributed by atoms with Crippen LogP contribution in [-0.4, -0.2) is 38.9 Å². The number of thioether (sulfide) groups is 1. The van der Waals surface area contributed by atoms with Crippen LogP contribution < -0.4 is 4.90 Å². The number of thiazole rings is 1. The summed E-state index contributed by atoms with van der Waals surface area (Å²) >= 11 is 2.84. The van der Waals surface area contributed by atoms with E-state index in [0.29, 0.717) is 0 Å². The fraction of sp³-hybridized carbons (Fsp3) is 0.571. The van der Waals surface area contributed by atoms with Gasteiger partial charge in [0.2, 0.25) is 0 Å². The first-order chi connectivity index (χ1) is 13.4. The molecule has 2 aromatic heterocycles. The second-order valence-electron chi connectivity index (χ2n) is 7.38. The predicted molar refractivity (Wildman–Crippen MR) is 126 cm³/mol. The fourth-order valence-electron chi connectivity index (χ4n) is 2.79. The zero-order chi connectivity index (χ0) is 20.4. The Morgan fingerprint density at radius 3 is 2.52 bits per heavy atom. The number of anilines is 1. The van der Waals surface area contributed by atoms with Crippen molar-refractivity contribution in [3.63, 3.8) is 0 Å². The normalized spacial score (nSPS) is 11.1. The van der Waals surface area contributed by atoms with E-state index in [9.17, 15) is 9.90 Å². The summed E-state index contributed by atoms with van der Waals surface area (Å²) in [6.45, 7) is 7.59. The number of aliphatic carboxylic acids is 1. The van der Waals surface area contributed by atoms with Crippen molar-refractivity contribution in [1.82, 2.24) is 9.97 Å². The minimum absolute atomic E-state index is 0. The summed E-state index contributed by atoms with van der Waals surface area (Å²) in [6, 6.07) is 4.12. The highest BCUT2D eigenvalue weighted by Gasteiger charge is 2.29. The molecule has 0 aliphatic carbocycles. The molecule has 8 heteroatoms. The molecule has 5 nitrogen and oxygen atoms in total. The van der Waals surface area contributed by atoms with E-state index < -0.39 is 10.7 Å². The molecule has 162 valence electrons. The van der Waals surface area contributed by atoms with Gasteiger partial charge in [-0.15, -0.1) is 23.7 Å². The minimum Gasteiger partial charge on any atom is -0.480 e. The van der Waals surface area contributed by atoms with Crippen LogP contribution in [-0.2, 0) is 11.2 Å². The van der Waals surface area contributed by atoms with E-state index in [4.69, 9.17) is 0 Å². The number of hydrogen-bond acceptors (Lipinski definition) is 6. The van der Waals surface area contributed by atoms with Crippen molar-refractivity contribution in [3.8, 4) is 0 Å². The van der Waals surface area contributed by atoms with Crippen LogP contribution in [0.1, 0.15) is 58.6 Å². The zero-order valence-electron chi connectivity index (χ0n) is 17.5. The summed E-state index contributed by atoms with van der Waals surface area (Å²) in [5, 5.41) is 11.3. The number of rotatable bonds is 13. The highest BCUT2D eigenvalue weighted by molar-refractivity contribution is 8.02. The first kappa shape index (κ1) is 25.7. The lowest BCUT2D eigenvalue weighted by Crippen LogP contribution is -2.27. The Bertz CT molecular complexity index is 726. The number of carbonyl (C=O) groups is 1. The topological polar surface area (TPSA) is 66.3 Å². The SMILES string of the molecule is CCCCCCCN(CCc1csc(SC(C)(C)C(=O)O)n1)c1ccncc1.Cl. The Labute approximate surface area is 188 Å². The summed E-state index contributed by atoms with van der Waals surface area (Å²) in [6.07, 6.45) is 10.8. The molecule has 0 saturated heterocycles. The molecule has 0 radical (unpaired) electrons. The van der Waals surface area contributed by atoms with Crippen molar-refractivity contribution in [1.29, 1.82) is 0 Å². The van der Waals surface area contributed by atoms with Crippen LogP contribution in [0.5, 0.6) is 0 Å². The summed E-state index contributed by atoms with van der Waals surface area (Å²) in [5.74, 6) is -0.818. The third-order valence-electron chi connectivity index (χ3n) is 4.59. The average molecular weight is 458 g/mol. The highest BCUT2D eigenvalue weighted by atomic mass is 35.5. The van der Waals surface area contributed by atoms with Crippen molar-refractivity contribution in [3.05, 3.63) is 35.6 Å². The third-order valence-corrected chi connectivity index (χ3v) is 6.76. The molecule has 1 N–H and O–H groups in total. The van der Waals surface area contributed by atoms with Crippen LogP contribution >= 0.6 is 35.5 Å². The van der Waals surface area contributed by atoms with Crippen molar-refractivity contribution in [2.24, 2.45) is 0 Å². The van der Waals surface area contributed by atoms with E-state index in [0.717, 1.165) is 29.5 Å². The van der Waals surface area contributed by atoms with Gasteiger partial charge in [-0.3, -0.25) is 9.78 Å². The van der Waals surface area contributed by atoms with E-state index in [2.05, 4.69) is 33.9 Å². The molecule has 0 atom stereocenters. The lowest BCUT2D eigenvalue weighted by molar-refractivity contribution is -0.138. The minimum atomic E-state index is -0.864. The molecule has 0 aromatic carbocycles. The Hall–Kier alpha value is -1.31. The fourth-order valence-corrected chi connectivity index (χ4v) is 5.02. The number of nitrogens with zero attached hydrogens (tertiary/aromatic N) is 3. The molecule has 2 rings (SSSR count). The Balaban J connectivity index is 0.00000420. The van der Waals surface area contributed by atoms with Gasteiger partial charge in [0.05, 0.1) is 5.69 Å².